The molecule has 0 unspecified atom stereocenters. The second kappa shape index (κ2) is 12.0. The Kier molecular flexibility index (Phi) is 8.81. The number of aryl methyl sites for hydroxylation is 1. The molecule has 14 heteroatoms. The number of hydrogen-bond donors (Lipinski definition) is 3. The fraction of sp³-hybridized carbons (Fsp3) is 0.167. The van der Waals surface area contributed by atoms with Gasteiger partial charge in [-0.2, -0.15) is 13.2 Å². The van der Waals surface area contributed by atoms with Crippen molar-refractivity contribution in [3.8, 4) is 11.6 Å². The maximum atomic E-state index is 12.7. The Bertz CT molecular complexity index is 1430. The van der Waals surface area contributed by atoms with Crippen molar-refractivity contribution in [1.29, 1.82) is 0 Å². The van der Waals surface area contributed by atoms with E-state index < -0.39 is 17.6 Å². The van der Waals surface area contributed by atoms with Crippen molar-refractivity contribution in [3.05, 3.63) is 78.1 Å². The van der Waals surface area contributed by atoms with Crippen LogP contribution in [0.15, 0.2) is 66.2 Å². The number of hydrazine groups is 1. The van der Waals surface area contributed by atoms with Crippen molar-refractivity contribution in [2.24, 2.45) is 23.7 Å². The Hall–Kier alpha value is -4.72. The molecule has 2 aromatic heterocycles. The number of alkyl halides is 3. The van der Waals surface area contributed by atoms with Crippen molar-refractivity contribution in [1.82, 2.24) is 19.7 Å². The average molecular weight is 533 g/mol. The van der Waals surface area contributed by atoms with E-state index in [9.17, 15) is 22.4 Å². The molecule has 0 aliphatic heterocycles. The normalized spacial score (nSPS) is 11.5. The molecule has 0 fully saturated rings. The van der Waals surface area contributed by atoms with Crippen LogP contribution in [0.3, 0.4) is 0 Å². The fourth-order valence-electron chi connectivity index (χ4n) is 3.27. The lowest BCUT2D eigenvalue weighted by atomic mass is 10.2. The highest BCUT2D eigenvalue weighted by Gasteiger charge is 2.34. The van der Waals surface area contributed by atoms with E-state index in [0.29, 0.717) is 41.8 Å². The minimum absolute atomic E-state index is 0.103. The number of nitrogens with two attached hydrogens (primary N) is 2. The minimum Gasteiger partial charge on any atom is -0.439 e. The molecule has 0 saturated carbocycles. The number of fused-ring (bicyclic) bond motifs is 1. The number of nitrogens with zero attached hydrogens (tertiary/aromatic N) is 5. The van der Waals surface area contributed by atoms with Gasteiger partial charge in [-0.05, 0) is 49.4 Å². The third kappa shape index (κ3) is 7.64. The molecule has 2 aromatic carbocycles. The number of ether oxygens (including phenoxy) is 1. The van der Waals surface area contributed by atoms with E-state index in [1.54, 1.807) is 13.0 Å². The second-order valence-electron chi connectivity index (χ2n) is 7.89. The van der Waals surface area contributed by atoms with Gasteiger partial charge in [-0.15, -0.1) is 5.10 Å². The Morgan fingerprint density at radius 1 is 1.18 bits per heavy atom. The SMILES string of the molecule is C/C(N)=N/N(N)Cc1cc(Oc2ccc3c(ccn3C)c2)ncn1.O=CNc1ccc(F)c(C(F)(F)F)c1. The van der Waals surface area contributed by atoms with Crippen LogP contribution in [-0.4, -0.2) is 31.9 Å². The van der Waals surface area contributed by atoms with Gasteiger partial charge in [0, 0.05) is 35.9 Å². The molecule has 0 spiro atoms. The molecule has 0 aliphatic carbocycles. The van der Waals surface area contributed by atoms with E-state index in [2.05, 4.69) is 19.6 Å². The molecule has 1 amide bonds. The molecule has 0 aliphatic rings. The molecule has 38 heavy (non-hydrogen) atoms. The van der Waals surface area contributed by atoms with Gasteiger partial charge in [-0.25, -0.2) is 25.3 Å². The van der Waals surface area contributed by atoms with Gasteiger partial charge >= 0.3 is 6.18 Å². The number of hydrazone groups is 1. The summed E-state index contributed by atoms with van der Waals surface area (Å²) < 4.78 is 56.9. The summed E-state index contributed by atoms with van der Waals surface area (Å²) in [6.07, 6.45) is -1.11. The summed E-state index contributed by atoms with van der Waals surface area (Å²) in [6.45, 7) is 1.96. The van der Waals surface area contributed by atoms with Crippen LogP contribution in [0.25, 0.3) is 10.9 Å². The highest BCUT2D eigenvalue weighted by Crippen LogP contribution is 2.32. The molecule has 0 bridgehead atoms. The van der Waals surface area contributed by atoms with Crippen molar-refractivity contribution in [2.45, 2.75) is 19.6 Å². The summed E-state index contributed by atoms with van der Waals surface area (Å²) in [5.41, 5.74) is 5.81. The topological polar surface area (TPSA) is 137 Å². The highest BCUT2D eigenvalue weighted by atomic mass is 19.4. The van der Waals surface area contributed by atoms with Gasteiger partial charge in [0.15, 0.2) is 0 Å². The van der Waals surface area contributed by atoms with Crippen LogP contribution in [0.1, 0.15) is 18.2 Å². The van der Waals surface area contributed by atoms with Crippen LogP contribution in [0, 0.1) is 5.82 Å². The monoisotopic (exact) mass is 532 g/mol. The summed E-state index contributed by atoms with van der Waals surface area (Å²) in [5.74, 6) is 5.89. The predicted molar refractivity (Wildman–Crippen MR) is 133 cm³/mol. The van der Waals surface area contributed by atoms with Crippen LogP contribution in [-0.2, 0) is 24.6 Å². The quantitative estimate of drug-likeness (QED) is 0.0813. The van der Waals surface area contributed by atoms with Gasteiger partial charge < -0.3 is 20.4 Å². The first kappa shape index (κ1) is 27.9. The number of benzene rings is 2. The molecule has 10 nitrogen and oxygen atoms in total. The Morgan fingerprint density at radius 3 is 2.63 bits per heavy atom. The zero-order chi connectivity index (χ0) is 27.9. The molecule has 0 atom stereocenters. The highest BCUT2D eigenvalue weighted by molar-refractivity contribution is 5.81. The number of amides is 1. The lowest BCUT2D eigenvalue weighted by Crippen LogP contribution is -2.28. The maximum Gasteiger partial charge on any atom is 0.419 e. The van der Waals surface area contributed by atoms with Crippen molar-refractivity contribution >= 4 is 28.8 Å². The van der Waals surface area contributed by atoms with Crippen molar-refractivity contribution in [2.75, 3.05) is 5.32 Å². The lowest BCUT2D eigenvalue weighted by Gasteiger charge is -2.12. The molecule has 2 heterocycles. The van der Waals surface area contributed by atoms with Crippen LogP contribution < -0.4 is 21.6 Å². The number of halogens is 4. The van der Waals surface area contributed by atoms with E-state index in [4.69, 9.17) is 16.3 Å². The second-order valence-corrected chi connectivity index (χ2v) is 7.89. The third-order valence-corrected chi connectivity index (χ3v) is 4.89. The number of rotatable bonds is 7. The summed E-state index contributed by atoms with van der Waals surface area (Å²) in [7, 11) is 2.00. The van der Waals surface area contributed by atoms with Gasteiger partial charge in [0.25, 0.3) is 0 Å². The number of carbonyl (C=O) groups excluding carboxylic acids is 1. The largest absolute Gasteiger partial charge is 0.439 e. The molecular weight excluding hydrogens is 508 g/mol. The molecule has 0 saturated heterocycles. The first-order chi connectivity index (χ1) is 18.0. The van der Waals surface area contributed by atoms with E-state index in [-0.39, 0.29) is 12.1 Å². The minimum atomic E-state index is -4.76. The van der Waals surface area contributed by atoms with Crippen molar-refractivity contribution in [3.63, 3.8) is 0 Å². The molecule has 0 radical (unpaired) electrons. The summed E-state index contributed by atoms with van der Waals surface area (Å²) in [4.78, 5) is 18.2. The van der Waals surface area contributed by atoms with Gasteiger partial charge in [0.2, 0.25) is 12.3 Å². The first-order valence-corrected chi connectivity index (χ1v) is 10.9. The summed E-state index contributed by atoms with van der Waals surface area (Å²) in [6, 6.07) is 11.9. The first-order valence-electron chi connectivity index (χ1n) is 10.9. The van der Waals surface area contributed by atoms with Gasteiger partial charge in [0.1, 0.15) is 23.7 Å². The zero-order valence-corrected chi connectivity index (χ0v) is 20.3. The summed E-state index contributed by atoms with van der Waals surface area (Å²) in [5, 5.41) is 8.25. The molecule has 4 aromatic rings. The Labute approximate surface area is 214 Å². The number of hydrogen-bond acceptors (Lipinski definition) is 7. The Balaban J connectivity index is 0.000000244. The molecule has 5 N–H and O–H groups in total. The molecule has 4 rings (SSSR count). The van der Waals surface area contributed by atoms with Crippen LogP contribution >= 0.6 is 0 Å². The molecular formula is C24H24F4N8O2. The van der Waals surface area contributed by atoms with Crippen LogP contribution in [0.4, 0.5) is 23.2 Å². The smallest absolute Gasteiger partial charge is 0.419 e. The van der Waals surface area contributed by atoms with Gasteiger partial charge in [-0.3, -0.25) is 4.79 Å². The van der Waals surface area contributed by atoms with Crippen LogP contribution in [0.2, 0.25) is 0 Å². The zero-order valence-electron chi connectivity index (χ0n) is 20.3. The third-order valence-electron chi connectivity index (χ3n) is 4.89. The number of amidine groups is 1. The standard InChI is InChI=1S/C16H19N7O.C8H5F4NO/c1-11(17)21-23(18)9-13-8-16(20-10-19-13)24-14-3-4-15-12(7-14)5-6-22(15)2;9-7-2-1-5(13-4-14)3-6(7)8(10,11)12/h3-8,10H,9,18H2,1-2H3,(H2,17,21);1-4H,(H,13,14). The number of nitrogens with one attached hydrogen (secondary N) is 1. The van der Waals surface area contributed by atoms with Crippen molar-refractivity contribution < 1.29 is 27.1 Å². The van der Waals surface area contributed by atoms with Gasteiger partial charge in [0.05, 0.1) is 17.8 Å². The average Bonchev–Trinajstić information content (AvgIpc) is 3.20. The Morgan fingerprint density at radius 2 is 1.95 bits per heavy atom. The van der Waals surface area contributed by atoms with Crippen LogP contribution in [0.5, 0.6) is 11.6 Å². The van der Waals surface area contributed by atoms with E-state index in [1.165, 1.54) is 11.4 Å². The van der Waals surface area contributed by atoms with E-state index in [1.807, 2.05) is 42.8 Å². The summed E-state index contributed by atoms with van der Waals surface area (Å²) >= 11 is 0. The predicted octanol–water partition coefficient (Wildman–Crippen LogP) is 4.14. The number of anilines is 1. The van der Waals surface area contributed by atoms with E-state index >= 15 is 0 Å². The number of aromatic nitrogens is 3. The maximum absolute atomic E-state index is 12.7. The van der Waals surface area contributed by atoms with E-state index in [0.717, 1.165) is 17.0 Å². The molecule has 200 valence electrons. The fourth-order valence-corrected chi connectivity index (χ4v) is 3.27. The number of carbonyl (C=O) groups is 1. The van der Waals surface area contributed by atoms with Gasteiger partial charge in [-0.1, -0.05) is 0 Å². The lowest BCUT2D eigenvalue weighted by molar-refractivity contribution is -0.140.